The highest BCUT2D eigenvalue weighted by atomic mass is 32.2. The fraction of sp³-hybridized carbons (Fsp3) is 0.562. The SMILES string of the molecule is COc1ccc(F)cc1S(=O)(=O)N1CCC(C(=O)NC(C)C)CC1. The minimum Gasteiger partial charge on any atom is -0.495 e. The summed E-state index contributed by atoms with van der Waals surface area (Å²) in [5.74, 6) is -0.782. The number of carbonyl (C=O) groups excluding carboxylic acids is 1. The molecule has 1 aromatic carbocycles. The van der Waals surface area contributed by atoms with E-state index in [-0.39, 0.29) is 41.6 Å². The lowest BCUT2D eigenvalue weighted by atomic mass is 9.97. The first kappa shape index (κ1) is 18.7. The fourth-order valence-electron chi connectivity index (χ4n) is 2.75. The molecule has 0 bridgehead atoms. The van der Waals surface area contributed by atoms with Crippen molar-refractivity contribution in [2.24, 2.45) is 5.92 Å². The van der Waals surface area contributed by atoms with Crippen LogP contribution in [0.5, 0.6) is 5.75 Å². The molecule has 0 radical (unpaired) electrons. The van der Waals surface area contributed by atoms with E-state index in [4.69, 9.17) is 4.74 Å². The van der Waals surface area contributed by atoms with E-state index in [1.807, 2.05) is 13.8 Å². The lowest BCUT2D eigenvalue weighted by Crippen LogP contribution is -2.44. The average Bonchev–Trinajstić information content (AvgIpc) is 2.54. The Labute approximate surface area is 142 Å². The van der Waals surface area contributed by atoms with Gasteiger partial charge < -0.3 is 10.1 Å². The topological polar surface area (TPSA) is 75.7 Å². The predicted molar refractivity (Wildman–Crippen MR) is 87.7 cm³/mol. The number of nitrogens with zero attached hydrogens (tertiary/aromatic N) is 1. The molecule has 1 heterocycles. The molecule has 1 aliphatic rings. The smallest absolute Gasteiger partial charge is 0.246 e. The highest BCUT2D eigenvalue weighted by Crippen LogP contribution is 2.30. The molecule has 0 aromatic heterocycles. The van der Waals surface area contributed by atoms with Crippen LogP contribution in [0.4, 0.5) is 4.39 Å². The molecule has 0 saturated carbocycles. The Balaban J connectivity index is 2.13. The summed E-state index contributed by atoms with van der Waals surface area (Å²) in [5, 5.41) is 2.85. The zero-order valence-electron chi connectivity index (χ0n) is 14.1. The molecule has 0 aliphatic carbocycles. The number of methoxy groups -OCH3 is 1. The lowest BCUT2D eigenvalue weighted by molar-refractivity contribution is -0.126. The van der Waals surface area contributed by atoms with Crippen LogP contribution in [-0.2, 0) is 14.8 Å². The van der Waals surface area contributed by atoms with Crippen molar-refractivity contribution in [1.82, 2.24) is 9.62 Å². The van der Waals surface area contributed by atoms with Gasteiger partial charge in [0.15, 0.2) is 0 Å². The predicted octanol–water partition coefficient (Wildman–Crippen LogP) is 1.76. The van der Waals surface area contributed by atoms with Gasteiger partial charge in [-0.15, -0.1) is 0 Å². The number of nitrogens with one attached hydrogen (secondary N) is 1. The summed E-state index contributed by atoms with van der Waals surface area (Å²) in [5.41, 5.74) is 0. The van der Waals surface area contributed by atoms with E-state index in [9.17, 15) is 17.6 Å². The van der Waals surface area contributed by atoms with Crippen molar-refractivity contribution < 1.29 is 22.3 Å². The van der Waals surface area contributed by atoms with Gasteiger partial charge >= 0.3 is 0 Å². The van der Waals surface area contributed by atoms with Gasteiger partial charge in [-0.05, 0) is 44.9 Å². The van der Waals surface area contributed by atoms with E-state index in [1.165, 1.54) is 17.5 Å². The molecule has 24 heavy (non-hydrogen) atoms. The van der Waals surface area contributed by atoms with Gasteiger partial charge in [-0.3, -0.25) is 4.79 Å². The van der Waals surface area contributed by atoms with Crippen LogP contribution < -0.4 is 10.1 Å². The molecule has 2 rings (SSSR count). The Hall–Kier alpha value is -1.67. The van der Waals surface area contributed by atoms with E-state index >= 15 is 0 Å². The highest BCUT2D eigenvalue weighted by Gasteiger charge is 2.34. The van der Waals surface area contributed by atoms with E-state index < -0.39 is 15.8 Å². The minimum atomic E-state index is -3.86. The molecule has 0 spiro atoms. The molecular formula is C16H23FN2O4S. The molecular weight excluding hydrogens is 335 g/mol. The number of piperidine rings is 1. The fourth-order valence-corrected chi connectivity index (χ4v) is 4.39. The van der Waals surface area contributed by atoms with Crippen LogP contribution in [0.1, 0.15) is 26.7 Å². The van der Waals surface area contributed by atoms with Gasteiger partial charge in [0.05, 0.1) is 7.11 Å². The Morgan fingerprint density at radius 1 is 1.33 bits per heavy atom. The second kappa shape index (κ2) is 7.48. The van der Waals surface area contributed by atoms with E-state index in [1.54, 1.807) is 0 Å². The Morgan fingerprint density at radius 2 is 1.96 bits per heavy atom. The lowest BCUT2D eigenvalue weighted by Gasteiger charge is -2.31. The maximum Gasteiger partial charge on any atom is 0.246 e. The van der Waals surface area contributed by atoms with Crippen molar-refractivity contribution in [3.05, 3.63) is 24.0 Å². The number of rotatable bonds is 5. The molecule has 1 amide bonds. The Bertz CT molecular complexity index is 698. The van der Waals surface area contributed by atoms with Gasteiger partial charge in [-0.1, -0.05) is 0 Å². The molecule has 1 aromatic rings. The third-order valence-corrected chi connectivity index (χ3v) is 5.92. The van der Waals surface area contributed by atoms with Gasteiger partial charge in [0.25, 0.3) is 0 Å². The molecule has 6 nitrogen and oxygen atoms in total. The summed E-state index contributed by atoms with van der Waals surface area (Å²) in [6.45, 7) is 4.21. The second-order valence-corrected chi connectivity index (χ2v) is 8.04. The summed E-state index contributed by atoms with van der Waals surface area (Å²) >= 11 is 0. The van der Waals surface area contributed by atoms with Crippen LogP contribution in [0, 0.1) is 11.7 Å². The quantitative estimate of drug-likeness (QED) is 0.870. The van der Waals surface area contributed by atoms with Crippen LogP contribution in [0.15, 0.2) is 23.1 Å². The second-order valence-electron chi connectivity index (χ2n) is 6.14. The number of benzene rings is 1. The first-order valence-electron chi connectivity index (χ1n) is 7.89. The number of sulfonamides is 1. The van der Waals surface area contributed by atoms with Crippen LogP contribution in [0.25, 0.3) is 0 Å². The highest BCUT2D eigenvalue weighted by molar-refractivity contribution is 7.89. The van der Waals surface area contributed by atoms with E-state index in [2.05, 4.69) is 5.32 Å². The van der Waals surface area contributed by atoms with Crippen molar-refractivity contribution >= 4 is 15.9 Å². The van der Waals surface area contributed by atoms with Crippen molar-refractivity contribution in [3.63, 3.8) is 0 Å². The third kappa shape index (κ3) is 4.05. The van der Waals surface area contributed by atoms with Gasteiger partial charge in [-0.2, -0.15) is 4.31 Å². The van der Waals surface area contributed by atoms with Crippen LogP contribution in [0.3, 0.4) is 0 Å². The summed E-state index contributed by atoms with van der Waals surface area (Å²) < 4.78 is 45.3. The molecule has 0 atom stereocenters. The summed E-state index contributed by atoms with van der Waals surface area (Å²) in [6, 6.07) is 3.47. The molecule has 134 valence electrons. The van der Waals surface area contributed by atoms with Gasteiger partial charge in [0.2, 0.25) is 15.9 Å². The maximum absolute atomic E-state index is 13.5. The number of hydrogen-bond acceptors (Lipinski definition) is 4. The monoisotopic (exact) mass is 358 g/mol. The van der Waals surface area contributed by atoms with Gasteiger partial charge in [0.1, 0.15) is 16.5 Å². The molecule has 8 heteroatoms. The standard InChI is InChI=1S/C16H23FN2O4S/c1-11(2)18-16(20)12-6-8-19(9-7-12)24(21,22)15-10-13(17)4-5-14(15)23-3/h4-5,10-12H,6-9H2,1-3H3,(H,18,20). The van der Waals surface area contributed by atoms with Crippen molar-refractivity contribution in [2.45, 2.75) is 37.6 Å². The zero-order chi connectivity index (χ0) is 17.9. The summed E-state index contributed by atoms with van der Waals surface area (Å²) in [7, 11) is -2.52. The van der Waals surface area contributed by atoms with Crippen molar-refractivity contribution in [1.29, 1.82) is 0 Å². The summed E-state index contributed by atoms with van der Waals surface area (Å²) in [4.78, 5) is 11.8. The number of halogens is 1. The first-order valence-corrected chi connectivity index (χ1v) is 9.33. The Kier molecular flexibility index (Phi) is 5.82. The van der Waals surface area contributed by atoms with Crippen LogP contribution in [0.2, 0.25) is 0 Å². The molecule has 1 fully saturated rings. The molecule has 0 unspecified atom stereocenters. The number of hydrogen-bond donors (Lipinski definition) is 1. The molecule has 1 saturated heterocycles. The van der Waals surface area contributed by atoms with Gasteiger partial charge in [0, 0.05) is 25.0 Å². The number of amides is 1. The van der Waals surface area contributed by atoms with Crippen molar-refractivity contribution in [2.75, 3.05) is 20.2 Å². The van der Waals surface area contributed by atoms with Crippen molar-refractivity contribution in [3.8, 4) is 5.75 Å². The summed E-state index contributed by atoms with van der Waals surface area (Å²) in [6.07, 6.45) is 0.880. The third-order valence-electron chi connectivity index (χ3n) is 4.00. The van der Waals surface area contributed by atoms with E-state index in [0.29, 0.717) is 12.8 Å². The average molecular weight is 358 g/mol. The normalized spacial score (nSPS) is 17.0. The molecule has 1 aliphatic heterocycles. The molecule has 1 N–H and O–H groups in total. The number of ether oxygens (including phenoxy) is 1. The zero-order valence-corrected chi connectivity index (χ0v) is 14.9. The van der Waals surface area contributed by atoms with Gasteiger partial charge in [-0.25, -0.2) is 12.8 Å². The van der Waals surface area contributed by atoms with Crippen LogP contribution in [-0.4, -0.2) is 44.9 Å². The van der Waals surface area contributed by atoms with E-state index in [0.717, 1.165) is 12.1 Å². The maximum atomic E-state index is 13.5. The Morgan fingerprint density at radius 3 is 2.50 bits per heavy atom. The minimum absolute atomic E-state index is 0.0506. The largest absolute Gasteiger partial charge is 0.495 e. The first-order chi connectivity index (χ1) is 11.3. The number of carbonyl (C=O) groups is 1. The van der Waals surface area contributed by atoms with Crippen LogP contribution >= 0.6 is 0 Å².